The summed E-state index contributed by atoms with van der Waals surface area (Å²) in [5.74, 6) is 0.826. The van der Waals surface area contributed by atoms with Crippen LogP contribution in [0.4, 0.5) is 11.5 Å². The van der Waals surface area contributed by atoms with Crippen molar-refractivity contribution in [1.82, 2.24) is 15.0 Å². The number of aromatic amines is 1. The molecule has 0 amide bonds. The van der Waals surface area contributed by atoms with Crippen molar-refractivity contribution < 1.29 is 0 Å². The summed E-state index contributed by atoms with van der Waals surface area (Å²) in [4.78, 5) is 12.0. The van der Waals surface area contributed by atoms with Crippen molar-refractivity contribution in [2.24, 2.45) is 0 Å². The van der Waals surface area contributed by atoms with Gasteiger partial charge in [-0.2, -0.15) is 0 Å². The Kier molecular flexibility index (Phi) is 2.60. The number of H-pyrrole nitrogens is 1. The summed E-state index contributed by atoms with van der Waals surface area (Å²) < 4.78 is 0. The number of benzene rings is 2. The van der Waals surface area contributed by atoms with Crippen LogP contribution >= 0.6 is 0 Å². The van der Waals surface area contributed by atoms with Gasteiger partial charge in [0.25, 0.3) is 0 Å². The molecule has 2 aromatic heterocycles. The van der Waals surface area contributed by atoms with Crippen LogP contribution in [0.15, 0.2) is 54.9 Å². The molecule has 0 saturated carbocycles. The second-order valence-corrected chi connectivity index (χ2v) is 5.12. The second kappa shape index (κ2) is 4.59. The molecule has 4 heteroatoms. The van der Waals surface area contributed by atoms with E-state index in [9.17, 15) is 0 Å². The van der Waals surface area contributed by atoms with Gasteiger partial charge >= 0.3 is 0 Å². The highest BCUT2D eigenvalue weighted by molar-refractivity contribution is 5.92. The van der Waals surface area contributed by atoms with E-state index in [0.29, 0.717) is 0 Å². The fraction of sp³-hybridized carbons (Fsp3) is 0.0588. The van der Waals surface area contributed by atoms with Crippen LogP contribution in [0.25, 0.3) is 21.8 Å². The molecule has 0 aliphatic carbocycles. The summed E-state index contributed by atoms with van der Waals surface area (Å²) in [6.45, 7) is 2.06. The number of rotatable bonds is 2. The highest BCUT2D eigenvalue weighted by Crippen LogP contribution is 2.25. The Morgan fingerprint density at radius 1 is 1.00 bits per heavy atom. The van der Waals surface area contributed by atoms with Crippen molar-refractivity contribution in [3.8, 4) is 0 Å². The summed E-state index contributed by atoms with van der Waals surface area (Å²) >= 11 is 0. The Balaban J connectivity index is 1.78. The fourth-order valence-electron chi connectivity index (χ4n) is 2.60. The molecule has 21 heavy (non-hydrogen) atoms. The maximum Gasteiger partial charge on any atom is 0.141 e. The van der Waals surface area contributed by atoms with Crippen molar-refractivity contribution in [2.75, 3.05) is 5.32 Å². The van der Waals surface area contributed by atoms with Crippen LogP contribution in [0.3, 0.4) is 0 Å². The van der Waals surface area contributed by atoms with E-state index >= 15 is 0 Å². The number of hydrogen-bond acceptors (Lipinski definition) is 3. The number of para-hydroxylation sites is 1. The SMILES string of the molecule is Cc1cc2cc(Nc3ncnc4ccccc34)ccc2[nH]1. The van der Waals surface area contributed by atoms with Crippen LogP contribution in [-0.4, -0.2) is 15.0 Å². The average Bonchev–Trinajstić information content (AvgIpc) is 2.87. The average molecular weight is 274 g/mol. The molecule has 102 valence electrons. The van der Waals surface area contributed by atoms with Crippen LogP contribution in [0, 0.1) is 6.92 Å². The summed E-state index contributed by atoms with van der Waals surface area (Å²) in [5, 5.41) is 5.59. The van der Waals surface area contributed by atoms with Crippen LogP contribution in [0.1, 0.15) is 5.69 Å². The third-order valence-electron chi connectivity index (χ3n) is 3.56. The first-order valence-corrected chi connectivity index (χ1v) is 6.86. The maximum absolute atomic E-state index is 4.36. The van der Waals surface area contributed by atoms with Crippen LogP contribution < -0.4 is 5.32 Å². The number of anilines is 2. The number of nitrogens with zero attached hydrogens (tertiary/aromatic N) is 2. The van der Waals surface area contributed by atoms with Gasteiger partial charge in [-0.05, 0) is 43.3 Å². The number of aryl methyl sites for hydroxylation is 1. The molecule has 2 heterocycles. The molecule has 0 fully saturated rings. The Hall–Kier alpha value is -2.88. The fourth-order valence-corrected chi connectivity index (χ4v) is 2.60. The lowest BCUT2D eigenvalue weighted by Crippen LogP contribution is -1.95. The zero-order valence-electron chi connectivity index (χ0n) is 11.6. The summed E-state index contributed by atoms with van der Waals surface area (Å²) in [5.41, 5.74) is 4.26. The van der Waals surface area contributed by atoms with Crippen molar-refractivity contribution in [3.05, 3.63) is 60.6 Å². The van der Waals surface area contributed by atoms with Crippen molar-refractivity contribution in [2.45, 2.75) is 6.92 Å². The molecule has 0 aliphatic rings. The first kappa shape index (κ1) is 11.9. The van der Waals surface area contributed by atoms with E-state index in [1.807, 2.05) is 24.3 Å². The minimum Gasteiger partial charge on any atom is -0.359 e. The van der Waals surface area contributed by atoms with E-state index < -0.39 is 0 Å². The molecular weight excluding hydrogens is 260 g/mol. The lowest BCUT2D eigenvalue weighted by atomic mass is 10.2. The molecule has 4 aromatic rings. The zero-order valence-corrected chi connectivity index (χ0v) is 11.6. The Morgan fingerprint density at radius 2 is 1.90 bits per heavy atom. The van der Waals surface area contributed by atoms with E-state index in [0.717, 1.165) is 33.6 Å². The highest BCUT2D eigenvalue weighted by Gasteiger charge is 2.04. The number of fused-ring (bicyclic) bond motifs is 2. The molecule has 0 saturated heterocycles. The molecule has 0 aliphatic heterocycles. The summed E-state index contributed by atoms with van der Waals surface area (Å²) in [6, 6.07) is 16.4. The van der Waals surface area contributed by atoms with E-state index in [2.05, 4.69) is 51.5 Å². The topological polar surface area (TPSA) is 53.6 Å². The van der Waals surface area contributed by atoms with E-state index in [1.54, 1.807) is 6.33 Å². The monoisotopic (exact) mass is 274 g/mol. The van der Waals surface area contributed by atoms with Crippen LogP contribution in [0.2, 0.25) is 0 Å². The molecule has 0 radical (unpaired) electrons. The standard InChI is InChI=1S/C17H14N4/c1-11-8-12-9-13(6-7-15(12)20-11)21-17-14-4-2-3-5-16(14)18-10-19-17/h2-10,20H,1H3,(H,18,19,21). The minimum absolute atomic E-state index is 0.826. The van der Waals surface area contributed by atoms with Gasteiger partial charge in [-0.15, -0.1) is 0 Å². The third-order valence-corrected chi connectivity index (χ3v) is 3.56. The Labute approximate surface area is 121 Å². The molecule has 4 nitrogen and oxygen atoms in total. The van der Waals surface area contributed by atoms with Gasteiger partial charge in [0.15, 0.2) is 0 Å². The van der Waals surface area contributed by atoms with Gasteiger partial charge in [0.05, 0.1) is 5.52 Å². The number of aromatic nitrogens is 3. The highest BCUT2D eigenvalue weighted by atomic mass is 15.0. The van der Waals surface area contributed by atoms with Crippen molar-refractivity contribution in [3.63, 3.8) is 0 Å². The molecule has 4 rings (SSSR count). The lowest BCUT2D eigenvalue weighted by molar-refractivity contribution is 1.22. The summed E-state index contributed by atoms with van der Waals surface area (Å²) in [6.07, 6.45) is 1.59. The molecule has 0 spiro atoms. The van der Waals surface area contributed by atoms with Gasteiger partial charge in [-0.3, -0.25) is 0 Å². The first-order valence-electron chi connectivity index (χ1n) is 6.86. The minimum atomic E-state index is 0.826. The molecule has 2 aromatic carbocycles. The smallest absolute Gasteiger partial charge is 0.141 e. The molecule has 0 unspecified atom stereocenters. The van der Waals surface area contributed by atoms with Gasteiger partial charge in [0.1, 0.15) is 12.1 Å². The van der Waals surface area contributed by atoms with Gasteiger partial charge in [-0.1, -0.05) is 12.1 Å². The van der Waals surface area contributed by atoms with Crippen molar-refractivity contribution >= 4 is 33.3 Å². The zero-order chi connectivity index (χ0) is 14.2. The molecular formula is C17H14N4. The van der Waals surface area contributed by atoms with Crippen LogP contribution in [0.5, 0.6) is 0 Å². The predicted molar refractivity (Wildman–Crippen MR) is 85.9 cm³/mol. The van der Waals surface area contributed by atoms with Gasteiger partial charge in [0.2, 0.25) is 0 Å². The van der Waals surface area contributed by atoms with Crippen LogP contribution in [-0.2, 0) is 0 Å². The van der Waals surface area contributed by atoms with Gasteiger partial charge < -0.3 is 10.3 Å². The lowest BCUT2D eigenvalue weighted by Gasteiger charge is -2.08. The van der Waals surface area contributed by atoms with Gasteiger partial charge in [-0.25, -0.2) is 9.97 Å². The molecule has 0 atom stereocenters. The van der Waals surface area contributed by atoms with E-state index in [4.69, 9.17) is 0 Å². The second-order valence-electron chi connectivity index (χ2n) is 5.12. The predicted octanol–water partition coefficient (Wildman–Crippen LogP) is 4.16. The van der Waals surface area contributed by atoms with E-state index in [-0.39, 0.29) is 0 Å². The number of nitrogens with one attached hydrogen (secondary N) is 2. The molecule has 0 bridgehead atoms. The number of hydrogen-bond donors (Lipinski definition) is 2. The van der Waals surface area contributed by atoms with Crippen molar-refractivity contribution in [1.29, 1.82) is 0 Å². The quantitative estimate of drug-likeness (QED) is 0.577. The molecule has 2 N–H and O–H groups in total. The van der Waals surface area contributed by atoms with Gasteiger partial charge in [0, 0.05) is 27.7 Å². The van der Waals surface area contributed by atoms with E-state index in [1.165, 1.54) is 5.39 Å². The summed E-state index contributed by atoms with van der Waals surface area (Å²) in [7, 11) is 0. The first-order chi connectivity index (χ1) is 10.3. The Morgan fingerprint density at radius 3 is 2.86 bits per heavy atom. The third kappa shape index (κ3) is 2.10. The largest absolute Gasteiger partial charge is 0.359 e. The normalized spacial score (nSPS) is 11.1. The maximum atomic E-state index is 4.36. The Bertz CT molecular complexity index is 934.